The van der Waals surface area contributed by atoms with Crippen molar-refractivity contribution in [3.63, 3.8) is 0 Å². The van der Waals surface area contributed by atoms with E-state index in [2.05, 4.69) is 0 Å². The Kier molecular flexibility index (Phi) is 7.67. The third kappa shape index (κ3) is 5.66. The first-order chi connectivity index (χ1) is 9.57. The molecule has 0 amide bonds. The van der Waals surface area contributed by atoms with Gasteiger partial charge in [0.1, 0.15) is 0 Å². The van der Waals surface area contributed by atoms with Gasteiger partial charge in [0.2, 0.25) is 0 Å². The average molecular weight is 351 g/mol. The van der Waals surface area contributed by atoms with E-state index >= 15 is 0 Å². The molecule has 9 heteroatoms. The van der Waals surface area contributed by atoms with E-state index in [0.717, 1.165) is 0 Å². The molecule has 0 radical (unpaired) electrons. The molecule has 1 aromatic carbocycles. The number of hydrogen-bond donors (Lipinski definition) is 2. The monoisotopic (exact) mass is 350 g/mol. The van der Waals surface area contributed by atoms with Gasteiger partial charge in [-0.2, -0.15) is 26.3 Å². The van der Waals surface area contributed by atoms with E-state index in [4.69, 9.17) is 11.5 Å². The molecule has 0 unspecified atom stereocenters. The molecule has 0 spiro atoms. The van der Waals surface area contributed by atoms with Crippen LogP contribution in [0.3, 0.4) is 0 Å². The summed E-state index contributed by atoms with van der Waals surface area (Å²) in [5, 5.41) is 0. The summed E-state index contributed by atoms with van der Waals surface area (Å²) in [7, 11) is 0. The fourth-order valence-corrected chi connectivity index (χ4v) is 1.97. The Balaban J connectivity index is 0.00000441. The standard InChI is InChI=1S/C13H16F6N2.ClH/c14-12(15,16)8-4-5-10(13(17,18)19)9(7-8)11(21)3-1-2-6-20;/h4-5,7,11H,1-3,6,20-21H2;1H/t11-;/m0./s1. The molecule has 0 saturated carbocycles. The van der Waals surface area contributed by atoms with Crippen LogP contribution >= 0.6 is 12.4 Å². The zero-order valence-corrected chi connectivity index (χ0v) is 12.3. The van der Waals surface area contributed by atoms with Gasteiger partial charge in [-0.3, -0.25) is 0 Å². The summed E-state index contributed by atoms with van der Waals surface area (Å²) in [5.74, 6) is 0. The van der Waals surface area contributed by atoms with Gasteiger partial charge in [0.15, 0.2) is 0 Å². The summed E-state index contributed by atoms with van der Waals surface area (Å²) in [6.07, 6.45) is -8.32. The summed E-state index contributed by atoms with van der Waals surface area (Å²) < 4.78 is 76.5. The van der Waals surface area contributed by atoms with E-state index < -0.39 is 35.1 Å². The topological polar surface area (TPSA) is 52.0 Å². The zero-order chi connectivity index (χ0) is 16.3. The molecule has 1 rings (SSSR count). The van der Waals surface area contributed by atoms with Gasteiger partial charge in [-0.15, -0.1) is 12.4 Å². The Hall–Kier alpha value is -0.990. The first-order valence-electron chi connectivity index (χ1n) is 6.31. The fraction of sp³-hybridized carbons (Fsp3) is 0.538. The van der Waals surface area contributed by atoms with Crippen molar-refractivity contribution in [3.8, 4) is 0 Å². The molecule has 0 fully saturated rings. The lowest BCUT2D eigenvalue weighted by molar-refractivity contribution is -0.142. The molecule has 1 aromatic rings. The van der Waals surface area contributed by atoms with Gasteiger partial charge in [0.05, 0.1) is 11.1 Å². The molecule has 0 aromatic heterocycles. The molecule has 0 aliphatic heterocycles. The van der Waals surface area contributed by atoms with Crippen LogP contribution in [0.15, 0.2) is 18.2 Å². The number of unbranched alkanes of at least 4 members (excludes halogenated alkanes) is 1. The molecule has 1 atom stereocenters. The first kappa shape index (κ1) is 21.0. The first-order valence-corrected chi connectivity index (χ1v) is 6.31. The van der Waals surface area contributed by atoms with Crippen molar-refractivity contribution < 1.29 is 26.3 Å². The van der Waals surface area contributed by atoms with Crippen LogP contribution in [-0.2, 0) is 12.4 Å². The van der Waals surface area contributed by atoms with Gasteiger partial charge in [-0.25, -0.2) is 0 Å². The Labute approximate surface area is 130 Å². The summed E-state index contributed by atoms with van der Waals surface area (Å²) >= 11 is 0. The van der Waals surface area contributed by atoms with Gasteiger partial charge in [0, 0.05) is 6.04 Å². The minimum Gasteiger partial charge on any atom is -0.330 e. The van der Waals surface area contributed by atoms with Crippen molar-refractivity contribution in [2.45, 2.75) is 37.7 Å². The highest BCUT2D eigenvalue weighted by atomic mass is 35.5. The lowest BCUT2D eigenvalue weighted by atomic mass is 9.94. The maximum absolute atomic E-state index is 12.9. The quantitative estimate of drug-likeness (QED) is 0.615. The molecule has 4 N–H and O–H groups in total. The van der Waals surface area contributed by atoms with Gasteiger partial charge >= 0.3 is 12.4 Å². The normalized spacial score (nSPS) is 13.6. The third-order valence-electron chi connectivity index (χ3n) is 3.05. The molecular formula is C13H17ClF6N2. The molecule has 0 aliphatic rings. The van der Waals surface area contributed by atoms with Crippen LogP contribution < -0.4 is 11.5 Å². The Morgan fingerprint density at radius 2 is 1.55 bits per heavy atom. The predicted octanol–water partition coefficient (Wildman–Crippen LogP) is 4.27. The summed E-state index contributed by atoms with van der Waals surface area (Å²) in [6.45, 7) is 0.349. The number of rotatable bonds is 5. The molecule has 128 valence electrons. The van der Waals surface area contributed by atoms with Crippen LogP contribution in [0.25, 0.3) is 0 Å². The minimum atomic E-state index is -4.75. The van der Waals surface area contributed by atoms with Crippen LogP contribution in [-0.4, -0.2) is 6.54 Å². The molecule has 22 heavy (non-hydrogen) atoms. The van der Waals surface area contributed by atoms with Gasteiger partial charge in [-0.1, -0.05) is 6.42 Å². The maximum atomic E-state index is 12.9. The number of halogens is 7. The van der Waals surface area contributed by atoms with E-state index in [1.807, 2.05) is 0 Å². The average Bonchev–Trinajstić information content (AvgIpc) is 2.36. The fourth-order valence-electron chi connectivity index (χ4n) is 1.97. The second kappa shape index (κ2) is 8.03. The van der Waals surface area contributed by atoms with Crippen molar-refractivity contribution in [1.82, 2.24) is 0 Å². The summed E-state index contributed by atoms with van der Waals surface area (Å²) in [5.41, 5.74) is 8.10. The molecule has 0 heterocycles. The van der Waals surface area contributed by atoms with Gasteiger partial charge in [0.25, 0.3) is 0 Å². The van der Waals surface area contributed by atoms with Crippen LogP contribution in [0.4, 0.5) is 26.3 Å². The van der Waals surface area contributed by atoms with Crippen LogP contribution in [0.5, 0.6) is 0 Å². The van der Waals surface area contributed by atoms with E-state index in [1.165, 1.54) is 0 Å². The summed E-state index contributed by atoms with van der Waals surface area (Å²) in [4.78, 5) is 0. The van der Waals surface area contributed by atoms with E-state index in [9.17, 15) is 26.3 Å². The third-order valence-corrected chi connectivity index (χ3v) is 3.05. The Morgan fingerprint density at radius 1 is 0.955 bits per heavy atom. The maximum Gasteiger partial charge on any atom is 0.416 e. The largest absolute Gasteiger partial charge is 0.416 e. The van der Waals surface area contributed by atoms with Crippen LogP contribution in [0.2, 0.25) is 0 Å². The molecule has 0 aliphatic carbocycles. The van der Waals surface area contributed by atoms with E-state index in [1.54, 1.807) is 0 Å². The Bertz CT molecular complexity index is 473. The number of nitrogens with two attached hydrogens (primary N) is 2. The number of benzene rings is 1. The molecule has 0 bridgehead atoms. The summed E-state index contributed by atoms with van der Waals surface area (Å²) in [6, 6.07) is 0.214. The SMILES string of the molecule is Cl.NCCCC[C@H](N)c1cc(C(F)(F)F)ccc1C(F)(F)F. The van der Waals surface area contributed by atoms with Crippen molar-refractivity contribution in [1.29, 1.82) is 0 Å². The second-order valence-electron chi connectivity index (χ2n) is 4.69. The lowest BCUT2D eigenvalue weighted by Crippen LogP contribution is -2.19. The van der Waals surface area contributed by atoms with Crippen molar-refractivity contribution in [3.05, 3.63) is 34.9 Å². The van der Waals surface area contributed by atoms with Crippen molar-refractivity contribution >= 4 is 12.4 Å². The lowest BCUT2D eigenvalue weighted by Gasteiger charge is -2.20. The highest BCUT2D eigenvalue weighted by Crippen LogP contribution is 2.39. The highest BCUT2D eigenvalue weighted by Gasteiger charge is 2.37. The number of alkyl halides is 6. The van der Waals surface area contributed by atoms with Gasteiger partial charge < -0.3 is 11.5 Å². The van der Waals surface area contributed by atoms with Crippen LogP contribution in [0, 0.1) is 0 Å². The Morgan fingerprint density at radius 3 is 2.00 bits per heavy atom. The van der Waals surface area contributed by atoms with E-state index in [0.29, 0.717) is 37.6 Å². The van der Waals surface area contributed by atoms with Crippen molar-refractivity contribution in [2.24, 2.45) is 11.5 Å². The van der Waals surface area contributed by atoms with Crippen molar-refractivity contribution in [2.75, 3.05) is 6.54 Å². The number of hydrogen-bond acceptors (Lipinski definition) is 2. The van der Waals surface area contributed by atoms with E-state index in [-0.39, 0.29) is 18.8 Å². The second-order valence-corrected chi connectivity index (χ2v) is 4.69. The molecule has 2 nitrogen and oxygen atoms in total. The zero-order valence-electron chi connectivity index (χ0n) is 11.5. The molecular weight excluding hydrogens is 334 g/mol. The predicted molar refractivity (Wildman–Crippen MR) is 73.5 cm³/mol. The van der Waals surface area contributed by atoms with Gasteiger partial charge in [-0.05, 0) is 43.1 Å². The molecule has 0 saturated heterocycles. The van der Waals surface area contributed by atoms with Crippen LogP contribution in [0.1, 0.15) is 42.0 Å². The highest BCUT2D eigenvalue weighted by molar-refractivity contribution is 5.85. The smallest absolute Gasteiger partial charge is 0.330 e. The minimum absolute atomic E-state index is 0.